The van der Waals surface area contributed by atoms with E-state index in [1.807, 2.05) is 57.2 Å². The molecule has 28 heavy (non-hydrogen) atoms. The molecule has 0 saturated heterocycles. The average molecular weight is 383 g/mol. The Morgan fingerprint density at radius 3 is 2.36 bits per heavy atom. The molecule has 0 fully saturated rings. The van der Waals surface area contributed by atoms with E-state index in [0.717, 1.165) is 22.4 Å². The molecule has 1 amide bonds. The SMILES string of the molecule is CCOc1ccc(/C=C/C(=O)N(C)Cc2cc(C)ccc2OC)cc1OCC. The van der Waals surface area contributed by atoms with E-state index < -0.39 is 0 Å². The highest BCUT2D eigenvalue weighted by Gasteiger charge is 2.11. The first-order valence-electron chi connectivity index (χ1n) is 9.44. The van der Waals surface area contributed by atoms with Crippen LogP contribution >= 0.6 is 0 Å². The van der Waals surface area contributed by atoms with E-state index in [1.165, 1.54) is 0 Å². The number of likely N-dealkylation sites (N-methyl/N-ethyl adjacent to an activating group) is 1. The van der Waals surface area contributed by atoms with Gasteiger partial charge in [0.2, 0.25) is 5.91 Å². The smallest absolute Gasteiger partial charge is 0.246 e. The van der Waals surface area contributed by atoms with Crippen molar-refractivity contribution in [2.24, 2.45) is 0 Å². The standard InChI is InChI=1S/C23H29NO4/c1-6-27-21-12-9-18(15-22(21)28-7-2)10-13-23(25)24(4)16-19-14-17(3)8-11-20(19)26-5/h8-15H,6-7,16H2,1-5H3/b13-10+. The summed E-state index contributed by atoms with van der Waals surface area (Å²) in [5, 5.41) is 0. The average Bonchev–Trinajstić information content (AvgIpc) is 2.68. The Bertz CT molecular complexity index is 829. The van der Waals surface area contributed by atoms with Crippen molar-refractivity contribution in [3.05, 3.63) is 59.2 Å². The fraction of sp³-hybridized carbons (Fsp3) is 0.348. The van der Waals surface area contributed by atoms with Crippen molar-refractivity contribution >= 4 is 12.0 Å². The summed E-state index contributed by atoms with van der Waals surface area (Å²) in [4.78, 5) is 14.2. The van der Waals surface area contributed by atoms with E-state index in [9.17, 15) is 4.79 Å². The van der Waals surface area contributed by atoms with Gasteiger partial charge < -0.3 is 19.1 Å². The molecule has 0 aromatic heterocycles. The minimum Gasteiger partial charge on any atom is -0.496 e. The molecule has 0 bridgehead atoms. The van der Waals surface area contributed by atoms with E-state index in [-0.39, 0.29) is 5.91 Å². The number of ether oxygens (including phenoxy) is 3. The summed E-state index contributed by atoms with van der Waals surface area (Å²) in [6.45, 7) is 7.47. The number of hydrogen-bond acceptors (Lipinski definition) is 4. The number of benzene rings is 2. The number of rotatable bonds is 9. The van der Waals surface area contributed by atoms with E-state index in [0.29, 0.717) is 31.3 Å². The van der Waals surface area contributed by atoms with Gasteiger partial charge in [-0.05, 0) is 50.6 Å². The van der Waals surface area contributed by atoms with Gasteiger partial charge >= 0.3 is 0 Å². The van der Waals surface area contributed by atoms with Crippen LogP contribution in [0, 0.1) is 6.92 Å². The molecule has 0 saturated carbocycles. The fourth-order valence-corrected chi connectivity index (χ4v) is 2.83. The third kappa shape index (κ3) is 5.78. The number of methoxy groups -OCH3 is 1. The van der Waals surface area contributed by atoms with Crippen LogP contribution in [0.5, 0.6) is 17.2 Å². The fourth-order valence-electron chi connectivity index (χ4n) is 2.83. The molecule has 0 heterocycles. The van der Waals surface area contributed by atoms with Gasteiger partial charge in [-0.3, -0.25) is 4.79 Å². The van der Waals surface area contributed by atoms with E-state index >= 15 is 0 Å². The Balaban J connectivity index is 2.10. The molecule has 5 nitrogen and oxygen atoms in total. The van der Waals surface area contributed by atoms with Crippen molar-refractivity contribution in [1.82, 2.24) is 4.90 Å². The molecule has 150 valence electrons. The normalized spacial score (nSPS) is 10.8. The van der Waals surface area contributed by atoms with Crippen LogP contribution in [0.2, 0.25) is 0 Å². The first-order chi connectivity index (χ1) is 13.5. The number of nitrogens with zero attached hydrogens (tertiary/aromatic N) is 1. The third-order valence-corrected chi connectivity index (χ3v) is 4.21. The Morgan fingerprint density at radius 2 is 1.68 bits per heavy atom. The van der Waals surface area contributed by atoms with Crippen LogP contribution in [0.4, 0.5) is 0 Å². The van der Waals surface area contributed by atoms with E-state index in [4.69, 9.17) is 14.2 Å². The Hall–Kier alpha value is -2.95. The molecule has 0 unspecified atom stereocenters. The topological polar surface area (TPSA) is 48.0 Å². The largest absolute Gasteiger partial charge is 0.496 e. The van der Waals surface area contributed by atoms with Gasteiger partial charge in [0.1, 0.15) is 5.75 Å². The van der Waals surface area contributed by atoms with Gasteiger partial charge in [-0.25, -0.2) is 0 Å². The van der Waals surface area contributed by atoms with Crippen molar-refractivity contribution in [1.29, 1.82) is 0 Å². The molecule has 0 radical (unpaired) electrons. The summed E-state index contributed by atoms with van der Waals surface area (Å²) in [6, 6.07) is 11.6. The lowest BCUT2D eigenvalue weighted by Gasteiger charge is -2.18. The van der Waals surface area contributed by atoms with E-state index in [2.05, 4.69) is 0 Å². The Kier molecular flexibility index (Phi) is 7.93. The first kappa shape index (κ1) is 21.4. The molecule has 2 aromatic carbocycles. The van der Waals surface area contributed by atoms with Crippen molar-refractivity contribution in [3.8, 4) is 17.2 Å². The van der Waals surface area contributed by atoms with Crippen LogP contribution < -0.4 is 14.2 Å². The van der Waals surface area contributed by atoms with Gasteiger partial charge in [0.05, 0.1) is 20.3 Å². The van der Waals surface area contributed by atoms with Crippen molar-refractivity contribution in [2.75, 3.05) is 27.4 Å². The van der Waals surface area contributed by atoms with Crippen LogP contribution in [0.1, 0.15) is 30.5 Å². The summed E-state index contributed by atoms with van der Waals surface area (Å²) in [5.74, 6) is 2.07. The van der Waals surface area contributed by atoms with Crippen molar-refractivity contribution < 1.29 is 19.0 Å². The van der Waals surface area contributed by atoms with Gasteiger partial charge in [0, 0.05) is 25.2 Å². The predicted molar refractivity (Wildman–Crippen MR) is 112 cm³/mol. The molecule has 2 aromatic rings. The van der Waals surface area contributed by atoms with Crippen LogP contribution in [0.25, 0.3) is 6.08 Å². The lowest BCUT2D eigenvalue weighted by molar-refractivity contribution is -0.125. The van der Waals surface area contributed by atoms with Gasteiger partial charge in [-0.2, -0.15) is 0 Å². The minimum absolute atomic E-state index is 0.0876. The molecule has 5 heteroatoms. The molecule has 0 aliphatic heterocycles. The summed E-state index contributed by atoms with van der Waals surface area (Å²) < 4.78 is 16.6. The lowest BCUT2D eigenvalue weighted by atomic mass is 10.1. The maximum Gasteiger partial charge on any atom is 0.246 e. The van der Waals surface area contributed by atoms with Crippen LogP contribution in [0.15, 0.2) is 42.5 Å². The van der Waals surface area contributed by atoms with Gasteiger partial charge in [-0.15, -0.1) is 0 Å². The summed E-state index contributed by atoms with van der Waals surface area (Å²) >= 11 is 0. The second kappa shape index (κ2) is 10.4. The summed E-state index contributed by atoms with van der Waals surface area (Å²) in [7, 11) is 3.41. The maximum atomic E-state index is 12.5. The van der Waals surface area contributed by atoms with Gasteiger partial charge in [-0.1, -0.05) is 23.8 Å². The first-order valence-corrected chi connectivity index (χ1v) is 9.44. The summed E-state index contributed by atoms with van der Waals surface area (Å²) in [6.07, 6.45) is 3.35. The molecular weight excluding hydrogens is 354 g/mol. The molecule has 0 aliphatic carbocycles. The molecular formula is C23H29NO4. The number of aryl methyl sites for hydroxylation is 1. The van der Waals surface area contributed by atoms with Crippen molar-refractivity contribution in [2.45, 2.75) is 27.3 Å². The third-order valence-electron chi connectivity index (χ3n) is 4.21. The quantitative estimate of drug-likeness (QED) is 0.599. The number of amides is 1. The number of hydrogen-bond donors (Lipinski definition) is 0. The minimum atomic E-state index is -0.0876. The lowest BCUT2D eigenvalue weighted by Crippen LogP contribution is -2.24. The zero-order valence-electron chi connectivity index (χ0n) is 17.3. The predicted octanol–water partition coefficient (Wildman–Crippen LogP) is 4.47. The molecule has 0 atom stereocenters. The molecule has 0 aliphatic rings. The zero-order valence-corrected chi connectivity index (χ0v) is 17.3. The van der Waals surface area contributed by atoms with Gasteiger partial charge in [0.25, 0.3) is 0 Å². The van der Waals surface area contributed by atoms with Crippen molar-refractivity contribution in [3.63, 3.8) is 0 Å². The maximum absolute atomic E-state index is 12.5. The van der Waals surface area contributed by atoms with Crippen LogP contribution in [-0.2, 0) is 11.3 Å². The second-order valence-corrected chi connectivity index (χ2v) is 6.42. The zero-order chi connectivity index (χ0) is 20.5. The Morgan fingerprint density at radius 1 is 1.00 bits per heavy atom. The second-order valence-electron chi connectivity index (χ2n) is 6.42. The highest BCUT2D eigenvalue weighted by molar-refractivity contribution is 5.91. The van der Waals surface area contributed by atoms with Crippen LogP contribution in [-0.4, -0.2) is 38.2 Å². The number of carbonyl (C=O) groups excluding carboxylic acids is 1. The highest BCUT2D eigenvalue weighted by atomic mass is 16.5. The van der Waals surface area contributed by atoms with Crippen LogP contribution in [0.3, 0.4) is 0 Å². The molecule has 0 spiro atoms. The molecule has 0 N–H and O–H groups in total. The summed E-state index contributed by atoms with van der Waals surface area (Å²) in [5.41, 5.74) is 2.98. The number of carbonyl (C=O) groups is 1. The van der Waals surface area contributed by atoms with Gasteiger partial charge in [0.15, 0.2) is 11.5 Å². The Labute approximate surface area is 167 Å². The monoisotopic (exact) mass is 383 g/mol. The van der Waals surface area contributed by atoms with E-state index in [1.54, 1.807) is 31.2 Å². The molecule has 2 rings (SSSR count). The highest BCUT2D eigenvalue weighted by Crippen LogP contribution is 2.29.